The summed E-state index contributed by atoms with van der Waals surface area (Å²) in [6.45, 7) is 3.49. The van der Waals surface area contributed by atoms with E-state index in [4.69, 9.17) is 0 Å². The van der Waals surface area contributed by atoms with Crippen LogP contribution in [0.4, 0.5) is 5.13 Å². The number of carbonyl (C=O) groups excluding carboxylic acids is 1. The van der Waals surface area contributed by atoms with Crippen LogP contribution in [0.5, 0.6) is 0 Å². The molecule has 0 bridgehead atoms. The van der Waals surface area contributed by atoms with E-state index >= 15 is 0 Å². The Balaban J connectivity index is 1.67. The number of hydrogen-bond donors (Lipinski definition) is 1. The number of sulfonamides is 1. The van der Waals surface area contributed by atoms with E-state index in [1.807, 2.05) is 36.7 Å². The molecule has 0 unspecified atom stereocenters. The number of nitrogens with zero attached hydrogens (tertiary/aromatic N) is 2. The fraction of sp³-hybridized carbons (Fsp3) is 0.222. The number of thiophene rings is 1. The minimum absolute atomic E-state index is 0.176. The molecule has 6 nitrogen and oxygen atoms in total. The predicted octanol–water partition coefficient (Wildman–Crippen LogP) is 3.75. The van der Waals surface area contributed by atoms with Crippen molar-refractivity contribution in [2.24, 2.45) is 0 Å². The van der Waals surface area contributed by atoms with E-state index in [0.29, 0.717) is 5.13 Å². The van der Waals surface area contributed by atoms with Gasteiger partial charge in [-0.2, -0.15) is 4.31 Å². The average molecular weight is 422 g/mol. The van der Waals surface area contributed by atoms with Gasteiger partial charge >= 0.3 is 0 Å². The second-order valence-electron chi connectivity index (χ2n) is 6.07. The van der Waals surface area contributed by atoms with Crippen LogP contribution < -0.4 is 5.32 Å². The molecule has 142 valence electrons. The Morgan fingerprint density at radius 1 is 1.19 bits per heavy atom. The van der Waals surface area contributed by atoms with Gasteiger partial charge in [0.15, 0.2) is 5.13 Å². The number of likely N-dealkylation sites (N-methyl/N-ethyl adjacent to an activating group) is 1. The number of nitrogens with one attached hydrogen (secondary N) is 1. The summed E-state index contributed by atoms with van der Waals surface area (Å²) in [5.41, 5.74) is 2.69. The number of benzene rings is 1. The maximum absolute atomic E-state index is 12.7. The van der Waals surface area contributed by atoms with Crippen LogP contribution in [-0.4, -0.2) is 37.2 Å². The molecule has 9 heteroatoms. The van der Waals surface area contributed by atoms with Crippen molar-refractivity contribution >= 4 is 43.7 Å². The van der Waals surface area contributed by atoms with Crippen LogP contribution in [0, 0.1) is 13.8 Å². The Hall–Kier alpha value is -2.07. The lowest BCUT2D eigenvalue weighted by Crippen LogP contribution is -2.35. The van der Waals surface area contributed by atoms with Crippen molar-refractivity contribution in [1.29, 1.82) is 0 Å². The lowest BCUT2D eigenvalue weighted by atomic mass is 10.1. The van der Waals surface area contributed by atoms with Crippen LogP contribution in [0.3, 0.4) is 0 Å². The molecular weight excluding hydrogens is 402 g/mol. The zero-order valence-corrected chi connectivity index (χ0v) is 17.5. The lowest BCUT2D eigenvalue weighted by Gasteiger charge is -2.17. The third kappa shape index (κ3) is 4.44. The summed E-state index contributed by atoms with van der Waals surface area (Å²) in [5.74, 6) is -0.433. The first-order valence-corrected chi connectivity index (χ1v) is 11.3. The van der Waals surface area contributed by atoms with Gasteiger partial charge < -0.3 is 5.32 Å². The SMILES string of the molecule is Cc1ccc(S(=O)(=O)N(C)CC(=O)Nc2nc(-c3cccs3)cs2)cc1C. The Morgan fingerprint density at radius 3 is 2.63 bits per heavy atom. The van der Waals surface area contributed by atoms with E-state index < -0.39 is 15.9 Å². The lowest BCUT2D eigenvalue weighted by molar-refractivity contribution is -0.116. The third-order valence-corrected chi connectivity index (χ3v) is 7.53. The summed E-state index contributed by atoms with van der Waals surface area (Å²) in [4.78, 5) is 17.8. The average Bonchev–Trinajstić information content (AvgIpc) is 3.28. The zero-order chi connectivity index (χ0) is 19.6. The highest BCUT2D eigenvalue weighted by atomic mass is 32.2. The van der Waals surface area contributed by atoms with Crippen LogP contribution in [0.2, 0.25) is 0 Å². The number of rotatable bonds is 6. The molecule has 1 N–H and O–H groups in total. The molecule has 0 aliphatic carbocycles. The molecule has 0 aliphatic heterocycles. The Kier molecular flexibility index (Phi) is 5.75. The highest BCUT2D eigenvalue weighted by Crippen LogP contribution is 2.28. The summed E-state index contributed by atoms with van der Waals surface area (Å²) in [7, 11) is -2.35. The molecule has 0 fully saturated rings. The second kappa shape index (κ2) is 7.89. The standard InChI is InChI=1S/C18H19N3O3S3/c1-12-6-7-14(9-13(12)2)27(23,24)21(3)10-17(22)20-18-19-15(11-26-18)16-5-4-8-25-16/h4-9,11H,10H2,1-3H3,(H,19,20,22). The molecular formula is C18H19N3O3S3. The minimum Gasteiger partial charge on any atom is -0.301 e. The van der Waals surface area contributed by atoms with Gasteiger partial charge in [0.1, 0.15) is 0 Å². The molecule has 3 rings (SSSR count). The monoisotopic (exact) mass is 421 g/mol. The molecule has 3 aromatic rings. The van der Waals surface area contributed by atoms with Gasteiger partial charge in [-0.1, -0.05) is 12.1 Å². The fourth-order valence-corrected chi connectivity index (χ4v) is 5.07. The predicted molar refractivity (Wildman–Crippen MR) is 110 cm³/mol. The summed E-state index contributed by atoms with van der Waals surface area (Å²) < 4.78 is 26.4. The molecule has 0 atom stereocenters. The van der Waals surface area contributed by atoms with E-state index in [9.17, 15) is 13.2 Å². The molecule has 0 saturated heterocycles. The summed E-state index contributed by atoms with van der Waals surface area (Å²) in [5, 5.41) is 6.93. The number of aryl methyl sites for hydroxylation is 2. The van der Waals surface area contributed by atoms with Crippen molar-refractivity contribution in [2.75, 3.05) is 18.9 Å². The van der Waals surface area contributed by atoms with Crippen molar-refractivity contribution in [3.05, 3.63) is 52.2 Å². The van der Waals surface area contributed by atoms with Crippen LogP contribution in [0.15, 0.2) is 46.0 Å². The van der Waals surface area contributed by atoms with Crippen molar-refractivity contribution in [3.8, 4) is 10.6 Å². The van der Waals surface area contributed by atoms with Gasteiger partial charge in [0.05, 0.1) is 22.0 Å². The zero-order valence-electron chi connectivity index (χ0n) is 15.1. The van der Waals surface area contributed by atoms with Gasteiger partial charge in [-0.3, -0.25) is 4.79 Å². The van der Waals surface area contributed by atoms with Crippen LogP contribution in [0.25, 0.3) is 10.6 Å². The van der Waals surface area contributed by atoms with Gasteiger partial charge in [0, 0.05) is 12.4 Å². The van der Waals surface area contributed by atoms with Crippen LogP contribution in [0.1, 0.15) is 11.1 Å². The number of anilines is 1. The first-order chi connectivity index (χ1) is 12.8. The maximum atomic E-state index is 12.7. The molecule has 0 spiro atoms. The molecule has 1 aromatic carbocycles. The smallest absolute Gasteiger partial charge is 0.243 e. The Labute approximate surface area is 166 Å². The van der Waals surface area contributed by atoms with E-state index in [2.05, 4.69) is 10.3 Å². The first-order valence-electron chi connectivity index (χ1n) is 8.10. The van der Waals surface area contributed by atoms with E-state index in [1.165, 1.54) is 18.4 Å². The molecule has 2 heterocycles. The van der Waals surface area contributed by atoms with Crippen LogP contribution >= 0.6 is 22.7 Å². The number of hydrogen-bond acceptors (Lipinski definition) is 6. The first kappa shape index (κ1) is 19.7. The number of amides is 1. The molecule has 27 heavy (non-hydrogen) atoms. The summed E-state index contributed by atoms with van der Waals surface area (Å²) >= 11 is 2.87. The Bertz CT molecular complexity index is 1060. The van der Waals surface area contributed by atoms with Crippen molar-refractivity contribution in [1.82, 2.24) is 9.29 Å². The third-order valence-electron chi connectivity index (χ3n) is 4.08. The number of thiazole rings is 1. The topological polar surface area (TPSA) is 79.4 Å². The highest BCUT2D eigenvalue weighted by molar-refractivity contribution is 7.89. The normalized spacial score (nSPS) is 11.7. The minimum atomic E-state index is -3.74. The number of carbonyl (C=O) groups is 1. The number of aromatic nitrogens is 1. The van der Waals surface area contributed by atoms with Crippen molar-refractivity contribution in [2.45, 2.75) is 18.7 Å². The van der Waals surface area contributed by atoms with Gasteiger partial charge in [0.2, 0.25) is 15.9 Å². The van der Waals surface area contributed by atoms with Crippen molar-refractivity contribution < 1.29 is 13.2 Å². The van der Waals surface area contributed by atoms with E-state index in [0.717, 1.165) is 26.0 Å². The molecule has 1 amide bonds. The highest BCUT2D eigenvalue weighted by Gasteiger charge is 2.23. The summed E-state index contributed by atoms with van der Waals surface area (Å²) in [6, 6.07) is 8.82. The van der Waals surface area contributed by atoms with E-state index in [-0.39, 0.29) is 11.4 Å². The maximum Gasteiger partial charge on any atom is 0.243 e. The van der Waals surface area contributed by atoms with Crippen LogP contribution in [-0.2, 0) is 14.8 Å². The molecule has 0 saturated carbocycles. The molecule has 0 aliphatic rings. The van der Waals surface area contributed by atoms with Gasteiger partial charge in [0.25, 0.3) is 0 Å². The van der Waals surface area contributed by atoms with Gasteiger partial charge in [-0.15, -0.1) is 22.7 Å². The van der Waals surface area contributed by atoms with Gasteiger partial charge in [-0.05, 0) is 48.6 Å². The largest absolute Gasteiger partial charge is 0.301 e. The summed E-state index contributed by atoms with van der Waals surface area (Å²) in [6.07, 6.45) is 0. The fourth-order valence-electron chi connectivity index (χ4n) is 2.37. The molecule has 0 radical (unpaired) electrons. The second-order valence-corrected chi connectivity index (χ2v) is 9.92. The van der Waals surface area contributed by atoms with Gasteiger partial charge in [-0.25, -0.2) is 13.4 Å². The Morgan fingerprint density at radius 2 is 1.96 bits per heavy atom. The van der Waals surface area contributed by atoms with E-state index in [1.54, 1.807) is 29.5 Å². The van der Waals surface area contributed by atoms with Crippen molar-refractivity contribution in [3.63, 3.8) is 0 Å². The quantitative estimate of drug-likeness (QED) is 0.657. The molecule has 2 aromatic heterocycles.